The minimum atomic E-state index is -0.436. The van der Waals surface area contributed by atoms with Gasteiger partial charge in [-0.2, -0.15) is 0 Å². The zero-order valence-electron chi connectivity index (χ0n) is 34.6. The number of furan rings is 1. The van der Waals surface area contributed by atoms with Gasteiger partial charge >= 0.3 is 0 Å². The van der Waals surface area contributed by atoms with Crippen molar-refractivity contribution in [3.8, 4) is 44.5 Å². The van der Waals surface area contributed by atoms with Crippen LogP contribution in [0.15, 0.2) is 229 Å². The number of nitrogens with zero attached hydrogens (tertiary/aromatic N) is 1. The van der Waals surface area contributed by atoms with E-state index in [-0.39, 0.29) is 0 Å². The minimum absolute atomic E-state index is 0.436. The second-order valence-corrected chi connectivity index (χ2v) is 18.2. The van der Waals surface area contributed by atoms with Crippen molar-refractivity contribution in [2.75, 3.05) is 4.90 Å². The molecular formula is C61H37NOS. The van der Waals surface area contributed by atoms with Gasteiger partial charge in [0, 0.05) is 48.0 Å². The van der Waals surface area contributed by atoms with Crippen molar-refractivity contribution in [3.05, 3.63) is 247 Å². The Hall–Kier alpha value is -7.98. The van der Waals surface area contributed by atoms with Gasteiger partial charge in [0.05, 0.1) is 5.41 Å². The molecule has 2 heterocycles. The van der Waals surface area contributed by atoms with E-state index >= 15 is 0 Å². The first-order valence-corrected chi connectivity index (χ1v) is 22.8. The largest absolute Gasteiger partial charge is 0.456 e. The maximum atomic E-state index is 6.18. The molecule has 0 radical (unpaired) electrons. The number of anilines is 3. The highest BCUT2D eigenvalue weighted by Crippen LogP contribution is 2.63. The Morgan fingerprint density at radius 3 is 1.44 bits per heavy atom. The van der Waals surface area contributed by atoms with Crippen LogP contribution >= 0.6 is 11.3 Å². The highest BCUT2D eigenvalue weighted by Gasteiger charge is 2.51. The first-order chi connectivity index (χ1) is 31.7. The molecule has 10 aromatic carbocycles. The molecule has 64 heavy (non-hydrogen) atoms. The average Bonchev–Trinajstić information content (AvgIpc) is 4.09. The molecular weight excluding hydrogens is 795 g/mol. The van der Waals surface area contributed by atoms with Crippen LogP contribution in [0.4, 0.5) is 17.1 Å². The highest BCUT2D eigenvalue weighted by atomic mass is 32.1. The third-order valence-electron chi connectivity index (χ3n) is 13.9. The molecule has 0 bridgehead atoms. The van der Waals surface area contributed by atoms with E-state index in [1.54, 1.807) is 0 Å². The lowest BCUT2D eigenvalue weighted by atomic mass is 9.70. The molecule has 2 nitrogen and oxygen atoms in total. The maximum Gasteiger partial charge on any atom is 0.135 e. The summed E-state index contributed by atoms with van der Waals surface area (Å²) < 4.78 is 8.82. The lowest BCUT2D eigenvalue weighted by molar-refractivity contribution is 0.669. The number of benzene rings is 10. The Kier molecular flexibility index (Phi) is 7.51. The van der Waals surface area contributed by atoms with Gasteiger partial charge in [-0.3, -0.25) is 0 Å². The molecule has 12 aromatic rings. The standard InChI is InChI=1S/C61H37NOS/c1-6-16-53-45(11-1)46-12-2-7-17-54(46)61(53)55-18-8-3-13-47(55)48-32-31-44(37-56(48)61)62(42-27-21-38(22-28-42)40-25-33-58-51(35-40)49-14-4-9-19-57(49)63-58)43-29-23-39(24-30-43)41-26-34-60-52(36-41)50-15-5-10-20-59(50)64-60/h1-37H. The third kappa shape index (κ3) is 5.01. The predicted octanol–water partition coefficient (Wildman–Crippen LogP) is 17.1. The van der Waals surface area contributed by atoms with Gasteiger partial charge < -0.3 is 9.32 Å². The summed E-state index contributed by atoms with van der Waals surface area (Å²) in [6.45, 7) is 0. The molecule has 2 aromatic heterocycles. The number of hydrogen-bond donors (Lipinski definition) is 0. The van der Waals surface area contributed by atoms with Gasteiger partial charge in [0.2, 0.25) is 0 Å². The lowest BCUT2D eigenvalue weighted by Crippen LogP contribution is -2.26. The zero-order valence-corrected chi connectivity index (χ0v) is 35.4. The molecule has 0 fully saturated rings. The van der Waals surface area contributed by atoms with Crippen molar-refractivity contribution >= 4 is 70.5 Å². The van der Waals surface area contributed by atoms with Gasteiger partial charge in [-0.25, -0.2) is 0 Å². The molecule has 0 atom stereocenters. The number of thiophene rings is 1. The van der Waals surface area contributed by atoms with Crippen LogP contribution in [0.1, 0.15) is 22.3 Å². The van der Waals surface area contributed by atoms with Crippen LogP contribution in [-0.4, -0.2) is 0 Å². The van der Waals surface area contributed by atoms with E-state index in [4.69, 9.17) is 4.42 Å². The van der Waals surface area contributed by atoms with Gasteiger partial charge in [0.15, 0.2) is 0 Å². The number of para-hydroxylation sites is 1. The van der Waals surface area contributed by atoms with Crippen molar-refractivity contribution < 1.29 is 4.42 Å². The Morgan fingerprint density at radius 2 is 0.781 bits per heavy atom. The van der Waals surface area contributed by atoms with E-state index < -0.39 is 5.41 Å². The van der Waals surface area contributed by atoms with Crippen LogP contribution in [0.2, 0.25) is 0 Å². The second-order valence-electron chi connectivity index (χ2n) is 17.2. The van der Waals surface area contributed by atoms with E-state index in [1.165, 1.54) is 75.8 Å². The second kappa shape index (κ2) is 13.5. The van der Waals surface area contributed by atoms with E-state index in [9.17, 15) is 0 Å². The quantitative estimate of drug-likeness (QED) is 0.172. The van der Waals surface area contributed by atoms with Crippen LogP contribution in [0.25, 0.3) is 86.6 Å². The normalized spacial score (nSPS) is 13.1. The maximum absolute atomic E-state index is 6.18. The number of rotatable bonds is 5. The Morgan fingerprint density at radius 1 is 0.312 bits per heavy atom. The van der Waals surface area contributed by atoms with Gasteiger partial charge in [-0.15, -0.1) is 11.3 Å². The predicted molar refractivity (Wildman–Crippen MR) is 268 cm³/mol. The van der Waals surface area contributed by atoms with Crippen LogP contribution in [0.5, 0.6) is 0 Å². The molecule has 0 unspecified atom stereocenters. The minimum Gasteiger partial charge on any atom is -0.456 e. The highest BCUT2D eigenvalue weighted by molar-refractivity contribution is 7.25. The lowest BCUT2D eigenvalue weighted by Gasteiger charge is -2.32. The summed E-state index contributed by atoms with van der Waals surface area (Å²) in [5.74, 6) is 0. The Balaban J connectivity index is 0.933. The number of fused-ring (bicyclic) bond motifs is 16. The third-order valence-corrected chi connectivity index (χ3v) is 15.1. The fraction of sp³-hybridized carbons (Fsp3) is 0.0164. The fourth-order valence-corrected chi connectivity index (χ4v) is 12.2. The summed E-state index contributed by atoms with van der Waals surface area (Å²) in [6, 6.07) is 82.9. The van der Waals surface area contributed by atoms with Gasteiger partial charge in [-0.1, -0.05) is 152 Å². The molecule has 298 valence electrons. The Labute approximate surface area is 374 Å². The van der Waals surface area contributed by atoms with E-state index in [2.05, 4.69) is 217 Å². The van der Waals surface area contributed by atoms with Crippen molar-refractivity contribution in [1.82, 2.24) is 0 Å². The van der Waals surface area contributed by atoms with E-state index in [0.29, 0.717) is 0 Å². The average molecular weight is 832 g/mol. The van der Waals surface area contributed by atoms with E-state index in [0.717, 1.165) is 50.1 Å². The summed E-state index contributed by atoms with van der Waals surface area (Å²) in [4.78, 5) is 2.43. The van der Waals surface area contributed by atoms with Gasteiger partial charge in [0.1, 0.15) is 11.2 Å². The van der Waals surface area contributed by atoms with Crippen LogP contribution in [0.3, 0.4) is 0 Å². The molecule has 0 amide bonds. The first-order valence-electron chi connectivity index (χ1n) is 22.0. The van der Waals surface area contributed by atoms with Crippen LogP contribution in [0, 0.1) is 0 Å². The molecule has 0 saturated heterocycles. The molecule has 0 saturated carbocycles. The molecule has 0 N–H and O–H groups in total. The van der Waals surface area contributed by atoms with Crippen molar-refractivity contribution in [2.24, 2.45) is 0 Å². The molecule has 2 aliphatic rings. The zero-order chi connectivity index (χ0) is 41.9. The van der Waals surface area contributed by atoms with Crippen LogP contribution in [-0.2, 0) is 5.41 Å². The summed E-state index contributed by atoms with van der Waals surface area (Å²) in [6.07, 6.45) is 0. The molecule has 2 aliphatic carbocycles. The topological polar surface area (TPSA) is 16.4 Å². The summed E-state index contributed by atoms with van der Waals surface area (Å²) in [5, 5.41) is 4.90. The first kappa shape index (κ1) is 35.6. The smallest absolute Gasteiger partial charge is 0.135 e. The monoisotopic (exact) mass is 831 g/mol. The molecule has 14 rings (SSSR count). The van der Waals surface area contributed by atoms with Crippen molar-refractivity contribution in [1.29, 1.82) is 0 Å². The summed E-state index contributed by atoms with van der Waals surface area (Å²) in [5.41, 5.74) is 20.0. The van der Waals surface area contributed by atoms with Crippen LogP contribution < -0.4 is 4.90 Å². The van der Waals surface area contributed by atoms with E-state index in [1.807, 2.05) is 23.5 Å². The summed E-state index contributed by atoms with van der Waals surface area (Å²) in [7, 11) is 0. The molecule has 3 heteroatoms. The van der Waals surface area contributed by atoms with Gasteiger partial charge in [0.25, 0.3) is 0 Å². The molecule has 1 spiro atoms. The molecule has 0 aliphatic heterocycles. The fourth-order valence-electron chi connectivity index (χ4n) is 11.1. The number of hydrogen-bond acceptors (Lipinski definition) is 3. The van der Waals surface area contributed by atoms with Crippen molar-refractivity contribution in [2.45, 2.75) is 5.41 Å². The Bertz CT molecular complexity index is 3630. The SMILES string of the molecule is c1ccc2c(c1)-c1ccccc1C21c2ccccc2-c2ccc(N(c3ccc(-c4ccc5oc6ccccc6c5c4)cc3)c3ccc(-c4ccc5sc6ccccc6c5c4)cc3)cc21. The van der Waals surface area contributed by atoms with Crippen molar-refractivity contribution in [3.63, 3.8) is 0 Å². The summed E-state index contributed by atoms with van der Waals surface area (Å²) >= 11 is 1.86. The van der Waals surface area contributed by atoms with Gasteiger partial charge in [-0.05, 0) is 140 Å².